The lowest BCUT2D eigenvalue weighted by molar-refractivity contribution is -0.117. The van der Waals surface area contributed by atoms with Crippen LogP contribution >= 0.6 is 15.9 Å². The maximum absolute atomic E-state index is 11.7. The summed E-state index contributed by atoms with van der Waals surface area (Å²) < 4.78 is 1.01. The van der Waals surface area contributed by atoms with Crippen LogP contribution in [-0.2, 0) is 4.79 Å². The molecule has 0 spiro atoms. The predicted octanol–water partition coefficient (Wildman–Crippen LogP) is 3.42. The Kier molecular flexibility index (Phi) is 5.65. The lowest BCUT2D eigenvalue weighted by atomic mass is 10.2. The first-order valence-corrected chi connectivity index (χ1v) is 6.66. The quantitative estimate of drug-likeness (QED) is 0.667. The van der Waals surface area contributed by atoms with Crippen molar-refractivity contribution in [3.05, 3.63) is 28.2 Å². The summed E-state index contributed by atoms with van der Waals surface area (Å²) in [7, 11) is 0. The lowest BCUT2D eigenvalue weighted by Crippen LogP contribution is -2.42. The Labute approximate surface area is 111 Å². The lowest BCUT2D eigenvalue weighted by Gasteiger charge is -2.24. The fourth-order valence-electron chi connectivity index (χ4n) is 1.57. The molecule has 17 heavy (non-hydrogen) atoms. The molecule has 1 amide bonds. The largest absolute Gasteiger partial charge is 0.273 e. The van der Waals surface area contributed by atoms with Crippen molar-refractivity contribution in [2.75, 3.05) is 11.6 Å². The Bertz CT molecular complexity index is 393. The molecule has 0 radical (unpaired) electrons. The highest BCUT2D eigenvalue weighted by molar-refractivity contribution is 9.10. The number of hydrogen-bond acceptors (Lipinski definition) is 2. The van der Waals surface area contributed by atoms with Crippen molar-refractivity contribution in [1.29, 1.82) is 0 Å². The van der Waals surface area contributed by atoms with Crippen LogP contribution in [0.2, 0.25) is 0 Å². The van der Waals surface area contributed by atoms with Crippen LogP contribution in [0.4, 0.5) is 5.69 Å². The number of nitrogens with zero attached hydrogens (tertiary/aromatic N) is 1. The molecule has 0 saturated carbocycles. The molecule has 94 valence electrons. The third-order valence-corrected chi connectivity index (χ3v) is 3.45. The van der Waals surface area contributed by atoms with Crippen molar-refractivity contribution in [3.63, 3.8) is 0 Å². The molecule has 1 N–H and O–H groups in total. The molecular weight excluding hydrogens is 280 g/mol. The van der Waals surface area contributed by atoms with E-state index in [4.69, 9.17) is 0 Å². The van der Waals surface area contributed by atoms with Gasteiger partial charge in [0.15, 0.2) is 0 Å². The van der Waals surface area contributed by atoms with Crippen LogP contribution in [0.1, 0.15) is 32.3 Å². The number of carbonyl (C=O) groups excluding carboxylic acids is 1. The Morgan fingerprint density at radius 1 is 1.47 bits per heavy atom. The van der Waals surface area contributed by atoms with E-state index < -0.39 is 0 Å². The fraction of sp³-hybridized carbons (Fsp3) is 0.462. The van der Waals surface area contributed by atoms with Crippen molar-refractivity contribution >= 4 is 27.5 Å². The zero-order valence-corrected chi connectivity index (χ0v) is 12.2. The highest BCUT2D eigenvalue weighted by Gasteiger charge is 2.14. The number of rotatable bonds is 5. The highest BCUT2D eigenvalue weighted by Crippen LogP contribution is 2.26. The Morgan fingerprint density at radius 3 is 2.76 bits per heavy atom. The van der Waals surface area contributed by atoms with Gasteiger partial charge in [-0.15, -0.1) is 0 Å². The summed E-state index contributed by atoms with van der Waals surface area (Å²) in [5.41, 5.74) is 5.13. The summed E-state index contributed by atoms with van der Waals surface area (Å²) in [4.78, 5) is 11.7. The van der Waals surface area contributed by atoms with Crippen molar-refractivity contribution in [1.82, 2.24) is 5.43 Å². The number of halogens is 1. The molecule has 0 bridgehead atoms. The van der Waals surface area contributed by atoms with Crippen LogP contribution in [-0.4, -0.2) is 12.5 Å². The van der Waals surface area contributed by atoms with Gasteiger partial charge in [-0.2, -0.15) is 0 Å². The summed E-state index contributed by atoms with van der Waals surface area (Å²) in [6.45, 7) is 6.50. The number of amides is 1. The number of hydrogen-bond donors (Lipinski definition) is 1. The maximum atomic E-state index is 11.7. The van der Waals surface area contributed by atoms with Crippen molar-refractivity contribution < 1.29 is 4.79 Å². The maximum Gasteiger partial charge on any atom is 0.238 e. The number of hydrazine groups is 1. The second-order valence-electron chi connectivity index (χ2n) is 4.00. The molecule has 4 heteroatoms. The van der Waals surface area contributed by atoms with Gasteiger partial charge in [0.1, 0.15) is 0 Å². The van der Waals surface area contributed by atoms with Crippen LogP contribution in [0.15, 0.2) is 22.7 Å². The number of anilines is 1. The first kappa shape index (κ1) is 14.2. The van der Waals surface area contributed by atoms with Crippen LogP contribution in [0.5, 0.6) is 0 Å². The van der Waals surface area contributed by atoms with E-state index in [1.165, 1.54) is 0 Å². The average molecular weight is 299 g/mol. The first-order valence-electron chi connectivity index (χ1n) is 5.87. The summed E-state index contributed by atoms with van der Waals surface area (Å²) in [6, 6.07) is 5.85. The van der Waals surface area contributed by atoms with E-state index in [9.17, 15) is 4.79 Å². The van der Waals surface area contributed by atoms with Crippen molar-refractivity contribution in [3.8, 4) is 0 Å². The van der Waals surface area contributed by atoms with Crippen LogP contribution < -0.4 is 10.4 Å². The smallest absolute Gasteiger partial charge is 0.238 e. The number of carbonyl (C=O) groups is 1. The fourth-order valence-corrected chi connectivity index (χ4v) is 1.93. The van der Waals surface area contributed by atoms with Gasteiger partial charge in [-0.1, -0.05) is 35.3 Å². The SMILES string of the molecule is CCCCNN(C(C)=O)c1cccc(Br)c1C. The standard InChI is InChI=1S/C13H19BrN2O/c1-4-5-9-15-16(11(3)17)13-8-6-7-12(14)10(13)2/h6-8,15H,4-5,9H2,1-3H3. The second-order valence-corrected chi connectivity index (χ2v) is 4.85. The van der Waals surface area contributed by atoms with Gasteiger partial charge in [0, 0.05) is 17.9 Å². The normalized spacial score (nSPS) is 10.4. The molecule has 0 aliphatic heterocycles. The Balaban J connectivity index is 2.90. The molecule has 1 aromatic rings. The molecule has 0 aromatic heterocycles. The van der Waals surface area contributed by atoms with Gasteiger partial charge in [-0.05, 0) is 31.0 Å². The average Bonchev–Trinajstić information content (AvgIpc) is 2.29. The highest BCUT2D eigenvalue weighted by atomic mass is 79.9. The molecule has 1 rings (SSSR count). The van der Waals surface area contributed by atoms with Gasteiger partial charge in [-0.25, -0.2) is 10.4 Å². The topological polar surface area (TPSA) is 32.3 Å². The van der Waals surface area contributed by atoms with E-state index >= 15 is 0 Å². The monoisotopic (exact) mass is 298 g/mol. The van der Waals surface area contributed by atoms with Crippen LogP contribution in [0.3, 0.4) is 0 Å². The number of unbranched alkanes of at least 4 members (excludes halogenated alkanes) is 1. The van der Waals surface area contributed by atoms with Gasteiger partial charge in [0.2, 0.25) is 5.91 Å². The zero-order chi connectivity index (χ0) is 12.8. The summed E-state index contributed by atoms with van der Waals surface area (Å²) in [6.07, 6.45) is 2.16. The zero-order valence-electron chi connectivity index (χ0n) is 10.6. The van der Waals surface area contributed by atoms with Gasteiger partial charge >= 0.3 is 0 Å². The summed E-state index contributed by atoms with van der Waals surface area (Å²) in [5.74, 6) is 0.00213. The van der Waals surface area contributed by atoms with Crippen molar-refractivity contribution in [2.45, 2.75) is 33.6 Å². The minimum Gasteiger partial charge on any atom is -0.273 e. The van der Waals surface area contributed by atoms with Crippen molar-refractivity contribution in [2.24, 2.45) is 0 Å². The molecular formula is C13H19BrN2O. The molecule has 3 nitrogen and oxygen atoms in total. The molecule has 0 heterocycles. The predicted molar refractivity (Wildman–Crippen MR) is 74.9 cm³/mol. The van der Waals surface area contributed by atoms with Crippen LogP contribution in [0, 0.1) is 6.92 Å². The molecule has 0 unspecified atom stereocenters. The van der Waals surface area contributed by atoms with E-state index in [2.05, 4.69) is 28.3 Å². The van der Waals surface area contributed by atoms with Gasteiger partial charge in [0.25, 0.3) is 0 Å². The van der Waals surface area contributed by atoms with E-state index in [-0.39, 0.29) is 5.91 Å². The van der Waals surface area contributed by atoms with E-state index in [1.807, 2.05) is 25.1 Å². The molecule has 0 fully saturated rings. The molecule has 0 aliphatic rings. The Morgan fingerprint density at radius 2 is 2.18 bits per heavy atom. The summed E-state index contributed by atoms with van der Waals surface area (Å²) in [5, 5.41) is 1.62. The first-order chi connectivity index (χ1) is 8.07. The number of nitrogens with one attached hydrogen (secondary N) is 1. The van der Waals surface area contributed by atoms with Gasteiger partial charge in [0.05, 0.1) is 5.69 Å². The second kappa shape index (κ2) is 6.77. The molecule has 1 aromatic carbocycles. The minimum absolute atomic E-state index is 0.00213. The minimum atomic E-state index is 0.00213. The molecule has 0 aliphatic carbocycles. The van der Waals surface area contributed by atoms with E-state index in [0.717, 1.165) is 35.1 Å². The number of benzene rings is 1. The summed E-state index contributed by atoms with van der Waals surface area (Å²) >= 11 is 3.48. The van der Waals surface area contributed by atoms with Gasteiger partial charge < -0.3 is 0 Å². The van der Waals surface area contributed by atoms with Crippen LogP contribution in [0.25, 0.3) is 0 Å². The Hall–Kier alpha value is -0.870. The third-order valence-electron chi connectivity index (χ3n) is 2.60. The van der Waals surface area contributed by atoms with Gasteiger partial charge in [-0.3, -0.25) is 4.79 Å². The van der Waals surface area contributed by atoms with E-state index in [1.54, 1.807) is 11.9 Å². The third kappa shape index (κ3) is 3.82. The molecule has 0 saturated heterocycles. The van der Waals surface area contributed by atoms with E-state index in [0.29, 0.717) is 0 Å². The molecule has 0 atom stereocenters.